The molecular formula is C10H19N3S2. The van der Waals surface area contributed by atoms with Gasteiger partial charge < -0.3 is 5.32 Å². The Morgan fingerprint density at radius 2 is 2.33 bits per heavy atom. The second-order valence-electron chi connectivity index (χ2n) is 3.46. The van der Waals surface area contributed by atoms with E-state index in [0.29, 0.717) is 6.04 Å². The lowest BCUT2D eigenvalue weighted by atomic mass is 10.2. The lowest BCUT2D eigenvalue weighted by Crippen LogP contribution is -2.31. The highest BCUT2D eigenvalue weighted by Gasteiger charge is 2.08. The van der Waals surface area contributed by atoms with Crippen LogP contribution in [0.2, 0.25) is 0 Å². The summed E-state index contributed by atoms with van der Waals surface area (Å²) in [5.41, 5.74) is 1.79. The molecule has 0 fully saturated rings. The van der Waals surface area contributed by atoms with E-state index < -0.39 is 0 Å². The van der Waals surface area contributed by atoms with Crippen molar-refractivity contribution in [2.45, 2.75) is 43.5 Å². The molecule has 1 aromatic heterocycles. The Labute approximate surface area is 100 Å². The lowest BCUT2D eigenvalue weighted by Gasteiger charge is -2.16. The monoisotopic (exact) mass is 245 g/mol. The molecule has 0 spiro atoms. The summed E-state index contributed by atoms with van der Waals surface area (Å²) >= 11 is 3.43. The summed E-state index contributed by atoms with van der Waals surface area (Å²) < 4.78 is 1.08. The van der Waals surface area contributed by atoms with Crippen LogP contribution in [0.4, 0.5) is 0 Å². The molecule has 1 unspecified atom stereocenters. The molecule has 0 radical (unpaired) electrons. The van der Waals surface area contributed by atoms with E-state index in [2.05, 4.69) is 29.4 Å². The molecule has 0 aliphatic heterocycles. The van der Waals surface area contributed by atoms with Gasteiger partial charge in [-0.25, -0.2) is 0 Å². The molecule has 86 valence electrons. The molecule has 1 atom stereocenters. The summed E-state index contributed by atoms with van der Waals surface area (Å²) in [6, 6.07) is 0.615. The average molecular weight is 245 g/mol. The molecule has 1 aromatic rings. The molecule has 0 aliphatic carbocycles. The third-order valence-electron chi connectivity index (χ3n) is 2.07. The predicted octanol–water partition coefficient (Wildman–Crippen LogP) is 2.80. The molecule has 3 nitrogen and oxygen atoms in total. The molecule has 0 amide bonds. The van der Waals surface area contributed by atoms with Crippen molar-refractivity contribution in [3.63, 3.8) is 0 Å². The Kier molecular flexibility index (Phi) is 6.96. The number of rotatable bonds is 8. The van der Waals surface area contributed by atoms with Gasteiger partial charge in [-0.15, -0.1) is 10.2 Å². The van der Waals surface area contributed by atoms with Crippen molar-refractivity contribution in [3.8, 4) is 0 Å². The Balaban J connectivity index is 2.24. The first-order valence-corrected chi connectivity index (χ1v) is 7.35. The van der Waals surface area contributed by atoms with Gasteiger partial charge in [0.15, 0.2) is 4.34 Å². The molecule has 0 saturated carbocycles. The van der Waals surface area contributed by atoms with Crippen molar-refractivity contribution in [2.75, 3.05) is 12.3 Å². The Morgan fingerprint density at radius 3 is 2.93 bits per heavy atom. The van der Waals surface area contributed by atoms with Gasteiger partial charge in [0.05, 0.1) is 0 Å². The molecular weight excluding hydrogens is 226 g/mol. The summed E-state index contributed by atoms with van der Waals surface area (Å²) in [5.74, 6) is 1.10. The Bertz CT molecular complexity index is 239. The lowest BCUT2D eigenvalue weighted by molar-refractivity contribution is 0.514. The van der Waals surface area contributed by atoms with Crippen molar-refractivity contribution in [1.29, 1.82) is 0 Å². The number of hydrogen-bond donors (Lipinski definition) is 1. The number of nitrogens with zero attached hydrogens (tertiary/aromatic N) is 2. The van der Waals surface area contributed by atoms with Gasteiger partial charge >= 0.3 is 0 Å². The largest absolute Gasteiger partial charge is 0.313 e. The average Bonchev–Trinajstić information content (AvgIpc) is 2.75. The van der Waals surface area contributed by atoms with Crippen LogP contribution in [0, 0.1) is 0 Å². The number of aromatic nitrogens is 2. The highest BCUT2D eigenvalue weighted by molar-refractivity contribution is 8.01. The van der Waals surface area contributed by atoms with Gasteiger partial charge in [-0.1, -0.05) is 43.4 Å². The normalized spacial score (nSPS) is 12.9. The Morgan fingerprint density at radius 1 is 1.47 bits per heavy atom. The van der Waals surface area contributed by atoms with Crippen molar-refractivity contribution < 1.29 is 0 Å². The highest BCUT2D eigenvalue weighted by Crippen LogP contribution is 2.20. The van der Waals surface area contributed by atoms with Crippen LogP contribution in [-0.2, 0) is 0 Å². The van der Waals surface area contributed by atoms with Gasteiger partial charge in [-0.05, 0) is 19.4 Å². The molecule has 0 aromatic carbocycles. The molecule has 1 rings (SSSR count). The molecule has 1 N–H and O–H groups in total. The molecule has 5 heteroatoms. The summed E-state index contributed by atoms with van der Waals surface area (Å²) in [6.45, 7) is 5.55. The van der Waals surface area contributed by atoms with Crippen LogP contribution in [0.25, 0.3) is 0 Å². The fraction of sp³-hybridized carbons (Fsp3) is 0.800. The van der Waals surface area contributed by atoms with Crippen LogP contribution in [-0.4, -0.2) is 28.5 Å². The molecule has 0 saturated heterocycles. The summed E-state index contributed by atoms with van der Waals surface area (Å²) in [7, 11) is 0. The van der Waals surface area contributed by atoms with Gasteiger partial charge in [0.2, 0.25) is 0 Å². The van der Waals surface area contributed by atoms with E-state index in [-0.39, 0.29) is 0 Å². The van der Waals surface area contributed by atoms with E-state index in [1.807, 2.05) is 11.8 Å². The topological polar surface area (TPSA) is 37.8 Å². The maximum Gasteiger partial charge on any atom is 0.174 e. The second kappa shape index (κ2) is 8.07. The minimum atomic E-state index is 0.615. The van der Waals surface area contributed by atoms with E-state index in [9.17, 15) is 0 Å². The van der Waals surface area contributed by atoms with Crippen molar-refractivity contribution in [1.82, 2.24) is 15.5 Å². The second-order valence-corrected chi connectivity index (χ2v) is 5.56. The van der Waals surface area contributed by atoms with E-state index >= 15 is 0 Å². The van der Waals surface area contributed by atoms with Gasteiger partial charge in [0.1, 0.15) is 5.51 Å². The number of hydrogen-bond acceptors (Lipinski definition) is 5. The van der Waals surface area contributed by atoms with Crippen LogP contribution >= 0.6 is 23.1 Å². The molecule has 0 aliphatic rings. The quantitative estimate of drug-likeness (QED) is 0.715. The van der Waals surface area contributed by atoms with Gasteiger partial charge in [-0.2, -0.15) is 0 Å². The van der Waals surface area contributed by atoms with E-state index in [4.69, 9.17) is 0 Å². The fourth-order valence-electron chi connectivity index (χ4n) is 1.34. The van der Waals surface area contributed by atoms with Crippen molar-refractivity contribution in [2.24, 2.45) is 0 Å². The standard InChI is InChI=1S/C10H19N3S2/c1-3-5-9(11-6-4-2)7-14-10-13-12-8-15-10/h8-9,11H,3-7H2,1-2H3. The third kappa shape index (κ3) is 5.49. The summed E-state index contributed by atoms with van der Waals surface area (Å²) in [5, 5.41) is 11.4. The Hall–Kier alpha value is -0.130. The zero-order chi connectivity index (χ0) is 10.9. The first-order chi connectivity index (χ1) is 7.36. The summed E-state index contributed by atoms with van der Waals surface area (Å²) in [6.07, 6.45) is 3.67. The van der Waals surface area contributed by atoms with E-state index in [0.717, 1.165) is 16.6 Å². The van der Waals surface area contributed by atoms with Gasteiger partial charge in [-0.3, -0.25) is 0 Å². The number of nitrogens with one attached hydrogen (secondary N) is 1. The first-order valence-electron chi connectivity index (χ1n) is 5.49. The van der Waals surface area contributed by atoms with Crippen molar-refractivity contribution in [3.05, 3.63) is 5.51 Å². The maximum atomic E-state index is 4.03. The van der Waals surface area contributed by atoms with Gasteiger partial charge in [0, 0.05) is 11.8 Å². The van der Waals surface area contributed by atoms with Crippen LogP contribution < -0.4 is 5.32 Å². The minimum Gasteiger partial charge on any atom is -0.313 e. The predicted molar refractivity (Wildman–Crippen MR) is 67.6 cm³/mol. The molecule has 1 heterocycles. The zero-order valence-corrected chi connectivity index (χ0v) is 11.0. The van der Waals surface area contributed by atoms with Crippen molar-refractivity contribution >= 4 is 23.1 Å². The SMILES string of the molecule is CCCNC(CCC)CSc1nncs1. The van der Waals surface area contributed by atoms with Crippen LogP contribution in [0.3, 0.4) is 0 Å². The van der Waals surface area contributed by atoms with Crippen LogP contribution in [0.15, 0.2) is 9.85 Å². The van der Waals surface area contributed by atoms with E-state index in [1.54, 1.807) is 16.8 Å². The van der Waals surface area contributed by atoms with Crippen LogP contribution in [0.5, 0.6) is 0 Å². The minimum absolute atomic E-state index is 0.615. The fourth-order valence-corrected chi connectivity index (χ4v) is 2.96. The van der Waals surface area contributed by atoms with Crippen LogP contribution in [0.1, 0.15) is 33.1 Å². The third-order valence-corrected chi connectivity index (χ3v) is 4.09. The molecule has 0 bridgehead atoms. The van der Waals surface area contributed by atoms with Gasteiger partial charge in [0.25, 0.3) is 0 Å². The highest BCUT2D eigenvalue weighted by atomic mass is 32.2. The maximum absolute atomic E-state index is 4.03. The summed E-state index contributed by atoms with van der Waals surface area (Å²) in [4.78, 5) is 0. The first kappa shape index (κ1) is 12.9. The number of thioether (sulfide) groups is 1. The van der Waals surface area contributed by atoms with E-state index in [1.165, 1.54) is 19.3 Å². The molecule has 15 heavy (non-hydrogen) atoms. The zero-order valence-electron chi connectivity index (χ0n) is 9.40. The smallest absolute Gasteiger partial charge is 0.174 e.